The normalized spacial score (nSPS) is 22.6. The summed E-state index contributed by atoms with van der Waals surface area (Å²) in [7, 11) is 1.47. The van der Waals surface area contributed by atoms with Crippen LogP contribution in [-0.2, 0) is 21.1 Å². The predicted molar refractivity (Wildman–Crippen MR) is 125 cm³/mol. The third-order valence-electron chi connectivity index (χ3n) is 5.47. The summed E-state index contributed by atoms with van der Waals surface area (Å²) in [4.78, 5) is 19.1. The summed E-state index contributed by atoms with van der Waals surface area (Å²) in [6.07, 6.45) is 0.0742. The first-order valence-corrected chi connectivity index (χ1v) is 12.7. The molecule has 2 atom stereocenters. The third kappa shape index (κ3) is 4.42. The Morgan fingerprint density at radius 3 is 2.53 bits per heavy atom. The van der Waals surface area contributed by atoms with Crippen molar-refractivity contribution in [1.82, 2.24) is 0 Å². The molecule has 32 heavy (non-hydrogen) atoms. The van der Waals surface area contributed by atoms with Crippen molar-refractivity contribution in [1.29, 1.82) is 0 Å². The maximum Gasteiger partial charge on any atom is 0.252 e. The molecule has 0 saturated carbocycles. The number of nitrogens with zero attached hydrogens (tertiary/aromatic N) is 2. The maximum absolute atomic E-state index is 12.9. The number of anilines is 1. The summed E-state index contributed by atoms with van der Waals surface area (Å²) < 4.78 is 40.9. The summed E-state index contributed by atoms with van der Waals surface area (Å²) in [5.74, 6) is 1.45. The van der Waals surface area contributed by atoms with Gasteiger partial charge in [-0.05, 0) is 18.2 Å². The molecule has 10 heteroatoms. The highest BCUT2D eigenvalue weighted by atomic mass is 32.2. The van der Waals surface area contributed by atoms with Crippen molar-refractivity contribution in [2.45, 2.75) is 17.7 Å². The minimum Gasteiger partial charge on any atom is -0.497 e. The van der Waals surface area contributed by atoms with E-state index >= 15 is 0 Å². The molecule has 0 bridgehead atoms. The maximum atomic E-state index is 12.9. The van der Waals surface area contributed by atoms with Crippen molar-refractivity contribution in [3.05, 3.63) is 48.0 Å². The number of carbonyl (C=O) groups is 1. The zero-order valence-corrected chi connectivity index (χ0v) is 19.6. The molecule has 0 aromatic heterocycles. The number of amidine groups is 1. The van der Waals surface area contributed by atoms with Crippen LogP contribution in [0.2, 0.25) is 0 Å². The highest BCUT2D eigenvalue weighted by Gasteiger charge is 2.50. The third-order valence-corrected chi connectivity index (χ3v) is 8.68. The van der Waals surface area contributed by atoms with E-state index < -0.39 is 9.84 Å². The first kappa shape index (κ1) is 22.5. The van der Waals surface area contributed by atoms with Crippen LogP contribution in [0, 0.1) is 0 Å². The number of rotatable bonds is 6. The molecule has 2 aromatic carbocycles. The lowest BCUT2D eigenvalue weighted by Crippen LogP contribution is -2.38. The van der Waals surface area contributed by atoms with Gasteiger partial charge in [-0.3, -0.25) is 4.79 Å². The lowest BCUT2D eigenvalue weighted by atomic mass is 10.1. The van der Waals surface area contributed by atoms with Gasteiger partial charge in [-0.1, -0.05) is 30.0 Å². The van der Waals surface area contributed by atoms with Crippen LogP contribution >= 0.6 is 11.8 Å². The van der Waals surface area contributed by atoms with Crippen LogP contribution in [0.15, 0.2) is 47.5 Å². The molecule has 0 spiro atoms. The number of para-hydroxylation sites is 1. The largest absolute Gasteiger partial charge is 0.497 e. The second-order valence-electron chi connectivity index (χ2n) is 7.49. The van der Waals surface area contributed by atoms with Gasteiger partial charge in [0.1, 0.15) is 17.2 Å². The molecule has 2 aliphatic heterocycles. The van der Waals surface area contributed by atoms with Crippen molar-refractivity contribution in [3.63, 3.8) is 0 Å². The van der Waals surface area contributed by atoms with E-state index in [1.807, 2.05) is 18.2 Å². The molecule has 0 aliphatic carbocycles. The SMILES string of the molecule is COc1ccc(OC)c(N2C(=NC(=O)Cc3ccccc3OC)SC3CS(=O)(=O)CC32)c1. The van der Waals surface area contributed by atoms with E-state index in [1.54, 1.807) is 50.5 Å². The van der Waals surface area contributed by atoms with Gasteiger partial charge in [0.25, 0.3) is 5.91 Å². The van der Waals surface area contributed by atoms with Crippen LogP contribution in [-0.4, -0.2) is 63.6 Å². The van der Waals surface area contributed by atoms with Crippen LogP contribution in [0.1, 0.15) is 5.56 Å². The van der Waals surface area contributed by atoms with Gasteiger partial charge >= 0.3 is 0 Å². The Morgan fingerprint density at radius 2 is 1.81 bits per heavy atom. The number of thioether (sulfide) groups is 1. The fraction of sp³-hybridized carbons (Fsp3) is 0.364. The number of methoxy groups -OCH3 is 3. The minimum absolute atomic E-state index is 0.00918. The van der Waals surface area contributed by atoms with E-state index in [-0.39, 0.29) is 35.1 Å². The van der Waals surface area contributed by atoms with Crippen LogP contribution in [0.3, 0.4) is 0 Å². The Labute approximate surface area is 191 Å². The van der Waals surface area contributed by atoms with Gasteiger partial charge in [0, 0.05) is 16.9 Å². The van der Waals surface area contributed by atoms with E-state index in [2.05, 4.69) is 4.99 Å². The Kier molecular flexibility index (Phi) is 6.34. The average molecular weight is 477 g/mol. The summed E-state index contributed by atoms with van der Waals surface area (Å²) in [6, 6.07) is 12.2. The van der Waals surface area contributed by atoms with Crippen molar-refractivity contribution < 1.29 is 27.4 Å². The van der Waals surface area contributed by atoms with Crippen LogP contribution in [0.25, 0.3) is 0 Å². The standard InChI is InChI=1S/C22H24N2O6S2/c1-28-15-8-9-19(30-3)16(11-15)24-17-12-32(26,27)13-20(17)31-22(24)23-21(25)10-14-6-4-5-7-18(14)29-2/h4-9,11,17,20H,10,12-13H2,1-3H3. The first-order chi connectivity index (χ1) is 15.3. The zero-order chi connectivity index (χ0) is 22.9. The Hall–Kier alpha value is -2.72. The van der Waals surface area contributed by atoms with E-state index in [9.17, 15) is 13.2 Å². The Morgan fingerprint density at radius 1 is 1.06 bits per heavy atom. The highest BCUT2D eigenvalue weighted by Crippen LogP contribution is 2.45. The molecule has 8 nitrogen and oxygen atoms in total. The second-order valence-corrected chi connectivity index (χ2v) is 10.8. The zero-order valence-electron chi connectivity index (χ0n) is 18.0. The molecule has 170 valence electrons. The molecule has 2 aromatic rings. The van der Waals surface area contributed by atoms with Gasteiger partial charge in [-0.15, -0.1) is 0 Å². The lowest BCUT2D eigenvalue weighted by Gasteiger charge is -2.26. The van der Waals surface area contributed by atoms with Gasteiger partial charge < -0.3 is 19.1 Å². The van der Waals surface area contributed by atoms with Crippen LogP contribution in [0.5, 0.6) is 17.2 Å². The Bertz CT molecular complexity index is 1160. The summed E-state index contributed by atoms with van der Waals surface area (Å²) in [5.41, 5.74) is 1.36. The molecule has 2 saturated heterocycles. The molecule has 0 N–H and O–H groups in total. The van der Waals surface area contributed by atoms with E-state index in [0.29, 0.717) is 28.1 Å². The average Bonchev–Trinajstić information content (AvgIpc) is 3.24. The molecule has 1 amide bonds. The molecule has 2 aliphatic rings. The number of aliphatic imine (C=N–C) groups is 1. The van der Waals surface area contributed by atoms with Gasteiger partial charge in [-0.2, -0.15) is 4.99 Å². The van der Waals surface area contributed by atoms with Crippen molar-refractivity contribution in [2.24, 2.45) is 4.99 Å². The van der Waals surface area contributed by atoms with Gasteiger partial charge in [0.05, 0.1) is 51.0 Å². The number of sulfone groups is 1. The first-order valence-electron chi connectivity index (χ1n) is 9.97. The van der Waals surface area contributed by atoms with Crippen molar-refractivity contribution >= 4 is 38.4 Å². The number of ether oxygens (including phenoxy) is 3. The molecule has 4 rings (SSSR count). The summed E-state index contributed by atoms with van der Waals surface area (Å²) in [5, 5.41) is 0.245. The number of hydrogen-bond acceptors (Lipinski definition) is 7. The van der Waals surface area contributed by atoms with E-state index in [0.717, 1.165) is 5.56 Å². The summed E-state index contributed by atoms with van der Waals surface area (Å²) >= 11 is 1.32. The van der Waals surface area contributed by atoms with Crippen molar-refractivity contribution in [2.75, 3.05) is 37.7 Å². The van der Waals surface area contributed by atoms with Crippen molar-refractivity contribution in [3.8, 4) is 17.2 Å². The van der Waals surface area contributed by atoms with Gasteiger partial charge in [-0.25, -0.2) is 8.42 Å². The highest BCUT2D eigenvalue weighted by molar-refractivity contribution is 8.16. The Balaban J connectivity index is 1.72. The van der Waals surface area contributed by atoms with E-state index in [4.69, 9.17) is 14.2 Å². The number of hydrogen-bond donors (Lipinski definition) is 0. The quantitative estimate of drug-likeness (QED) is 0.628. The van der Waals surface area contributed by atoms with Gasteiger partial charge in [0.2, 0.25) is 0 Å². The topological polar surface area (TPSA) is 94.5 Å². The number of fused-ring (bicyclic) bond motifs is 1. The van der Waals surface area contributed by atoms with Gasteiger partial charge in [0.15, 0.2) is 15.0 Å². The fourth-order valence-electron chi connectivity index (χ4n) is 3.99. The molecular formula is C22H24N2O6S2. The predicted octanol–water partition coefficient (Wildman–Crippen LogP) is 2.56. The fourth-order valence-corrected chi connectivity index (χ4v) is 7.91. The molecule has 0 radical (unpaired) electrons. The molecule has 2 unspecified atom stereocenters. The smallest absolute Gasteiger partial charge is 0.252 e. The molecule has 2 heterocycles. The van der Waals surface area contributed by atoms with E-state index in [1.165, 1.54) is 11.8 Å². The number of benzene rings is 2. The number of amides is 1. The monoisotopic (exact) mass is 476 g/mol. The number of carbonyl (C=O) groups excluding carboxylic acids is 1. The summed E-state index contributed by atoms with van der Waals surface area (Å²) in [6.45, 7) is 0. The molecular weight excluding hydrogens is 452 g/mol. The molecule has 2 fully saturated rings. The van der Waals surface area contributed by atoms with Crippen LogP contribution in [0.4, 0.5) is 5.69 Å². The minimum atomic E-state index is -3.18. The second kappa shape index (κ2) is 9.03. The lowest BCUT2D eigenvalue weighted by molar-refractivity contribution is -0.117. The van der Waals surface area contributed by atoms with Crippen LogP contribution < -0.4 is 19.1 Å².